The highest BCUT2D eigenvalue weighted by Gasteiger charge is 2.28. The first-order chi connectivity index (χ1) is 7.34. The number of nitro groups is 1. The van der Waals surface area contributed by atoms with E-state index in [9.17, 15) is 23.7 Å². The van der Waals surface area contributed by atoms with Crippen LogP contribution in [0.25, 0.3) is 0 Å². The van der Waals surface area contributed by atoms with Crippen LogP contribution < -0.4 is 0 Å². The lowest BCUT2D eigenvalue weighted by Gasteiger charge is -2.04. The summed E-state index contributed by atoms with van der Waals surface area (Å²) in [6, 6.07) is 0.520. The van der Waals surface area contributed by atoms with E-state index in [0.717, 1.165) is 0 Å². The Morgan fingerprint density at radius 1 is 1.62 bits per heavy atom. The summed E-state index contributed by atoms with van der Waals surface area (Å²) in [6.07, 6.45) is -3.08. The summed E-state index contributed by atoms with van der Waals surface area (Å²) in [5.74, 6) is -1.51. The lowest BCUT2D eigenvalue weighted by molar-refractivity contribution is -0.386. The van der Waals surface area contributed by atoms with Gasteiger partial charge >= 0.3 is 5.97 Å². The number of halogens is 3. The summed E-state index contributed by atoms with van der Waals surface area (Å²) in [4.78, 5) is 23.3. The van der Waals surface area contributed by atoms with E-state index in [2.05, 4.69) is 4.98 Å². The van der Waals surface area contributed by atoms with Crippen molar-refractivity contribution < 1.29 is 23.6 Å². The molecule has 0 atom stereocenters. The molecule has 16 heavy (non-hydrogen) atoms. The molecule has 0 saturated carbocycles. The van der Waals surface area contributed by atoms with Crippen LogP contribution in [-0.4, -0.2) is 21.0 Å². The van der Waals surface area contributed by atoms with Gasteiger partial charge in [0.15, 0.2) is 5.69 Å². The molecular weight excluding hydrogens is 341 g/mol. The Kier molecular flexibility index (Phi) is 3.67. The Morgan fingerprint density at radius 2 is 2.19 bits per heavy atom. The molecule has 0 amide bonds. The number of alkyl halides is 2. The minimum absolute atomic E-state index is 0.390. The molecule has 6 nitrogen and oxygen atoms in total. The molecule has 0 aliphatic carbocycles. The zero-order valence-corrected chi connectivity index (χ0v) is 9.51. The standard InChI is InChI=1S/C7H3F2IN2O4/c8-5(9)4-3(12(15)16)1-2(7(13)14)11-6(4)10/h1,5H,(H,13,14). The van der Waals surface area contributed by atoms with Gasteiger partial charge in [-0.05, 0) is 22.6 Å². The van der Waals surface area contributed by atoms with Gasteiger partial charge in [-0.25, -0.2) is 18.6 Å². The minimum Gasteiger partial charge on any atom is -0.477 e. The summed E-state index contributed by atoms with van der Waals surface area (Å²) >= 11 is 1.33. The molecule has 0 fully saturated rings. The fourth-order valence-corrected chi connectivity index (χ4v) is 1.75. The van der Waals surface area contributed by atoms with Crippen molar-refractivity contribution in [3.63, 3.8) is 0 Å². The van der Waals surface area contributed by atoms with Crippen molar-refractivity contribution >= 4 is 34.2 Å². The fourth-order valence-electron chi connectivity index (χ4n) is 0.974. The van der Waals surface area contributed by atoms with Crippen LogP contribution in [0.1, 0.15) is 22.5 Å². The predicted octanol–water partition coefficient (Wildman–Crippen LogP) is 2.23. The first kappa shape index (κ1) is 12.7. The van der Waals surface area contributed by atoms with E-state index >= 15 is 0 Å². The van der Waals surface area contributed by atoms with E-state index in [1.807, 2.05) is 0 Å². The molecular formula is C7H3F2IN2O4. The molecule has 1 heterocycles. The quantitative estimate of drug-likeness (QED) is 0.393. The number of carbonyl (C=O) groups is 1. The van der Waals surface area contributed by atoms with Crippen LogP contribution in [0.2, 0.25) is 0 Å². The fraction of sp³-hybridized carbons (Fsp3) is 0.143. The lowest BCUT2D eigenvalue weighted by atomic mass is 10.2. The zero-order valence-electron chi connectivity index (χ0n) is 7.35. The van der Waals surface area contributed by atoms with Crippen molar-refractivity contribution in [3.8, 4) is 0 Å². The van der Waals surface area contributed by atoms with Crippen LogP contribution in [0.4, 0.5) is 14.5 Å². The molecule has 0 saturated heterocycles. The van der Waals surface area contributed by atoms with Gasteiger partial charge in [0.25, 0.3) is 12.1 Å². The summed E-state index contributed by atoms with van der Waals surface area (Å²) in [5.41, 5.74) is -2.44. The molecule has 0 spiro atoms. The Hall–Kier alpha value is -1.39. The Labute approximate surface area is 101 Å². The molecule has 86 valence electrons. The molecule has 0 unspecified atom stereocenters. The first-order valence-corrected chi connectivity index (χ1v) is 4.78. The Morgan fingerprint density at radius 3 is 2.56 bits per heavy atom. The second-order valence-electron chi connectivity index (χ2n) is 2.59. The van der Waals surface area contributed by atoms with Crippen molar-refractivity contribution in [1.29, 1.82) is 0 Å². The van der Waals surface area contributed by atoms with Crippen LogP contribution in [0.5, 0.6) is 0 Å². The molecule has 0 aliphatic rings. The van der Waals surface area contributed by atoms with Crippen molar-refractivity contribution in [2.75, 3.05) is 0 Å². The molecule has 0 bridgehead atoms. The van der Waals surface area contributed by atoms with Crippen LogP contribution in [0, 0.1) is 13.8 Å². The van der Waals surface area contributed by atoms with E-state index in [-0.39, 0.29) is 3.70 Å². The number of pyridine rings is 1. The third-order valence-corrected chi connectivity index (χ3v) is 2.45. The van der Waals surface area contributed by atoms with Gasteiger partial charge in [-0.3, -0.25) is 10.1 Å². The van der Waals surface area contributed by atoms with Gasteiger partial charge in [-0.15, -0.1) is 0 Å². The maximum Gasteiger partial charge on any atom is 0.354 e. The number of rotatable bonds is 3. The molecule has 1 aromatic rings. The Balaban J connectivity index is 3.52. The Bertz CT molecular complexity index is 466. The largest absolute Gasteiger partial charge is 0.477 e. The van der Waals surface area contributed by atoms with Crippen LogP contribution in [0.3, 0.4) is 0 Å². The van der Waals surface area contributed by atoms with Gasteiger partial charge in [-0.2, -0.15) is 0 Å². The highest BCUT2D eigenvalue weighted by atomic mass is 127. The van der Waals surface area contributed by atoms with Crippen molar-refractivity contribution in [2.24, 2.45) is 0 Å². The van der Waals surface area contributed by atoms with Gasteiger partial charge in [0.2, 0.25) is 0 Å². The minimum atomic E-state index is -3.08. The number of carboxylic acids is 1. The summed E-state index contributed by atoms with van der Waals surface area (Å²) < 4.78 is 24.6. The summed E-state index contributed by atoms with van der Waals surface area (Å²) in [7, 11) is 0. The third-order valence-electron chi connectivity index (χ3n) is 1.62. The average Bonchev–Trinajstić information content (AvgIpc) is 2.15. The van der Waals surface area contributed by atoms with Crippen molar-refractivity contribution in [2.45, 2.75) is 6.43 Å². The molecule has 0 aliphatic heterocycles. The number of nitrogens with zero attached hydrogens (tertiary/aromatic N) is 2. The van der Waals surface area contributed by atoms with Gasteiger partial charge in [0.1, 0.15) is 9.26 Å². The van der Waals surface area contributed by atoms with Crippen LogP contribution in [0.15, 0.2) is 6.07 Å². The maximum absolute atomic E-state index is 12.5. The third kappa shape index (κ3) is 2.40. The lowest BCUT2D eigenvalue weighted by Crippen LogP contribution is -2.08. The monoisotopic (exact) mass is 344 g/mol. The molecule has 1 rings (SSSR count). The van der Waals surface area contributed by atoms with Crippen LogP contribution >= 0.6 is 22.6 Å². The van der Waals surface area contributed by atoms with Gasteiger partial charge < -0.3 is 5.11 Å². The van der Waals surface area contributed by atoms with E-state index < -0.39 is 34.3 Å². The first-order valence-electron chi connectivity index (χ1n) is 3.71. The number of aromatic nitrogens is 1. The second-order valence-corrected chi connectivity index (χ2v) is 3.62. The second kappa shape index (κ2) is 4.63. The predicted molar refractivity (Wildman–Crippen MR) is 55.5 cm³/mol. The van der Waals surface area contributed by atoms with Crippen molar-refractivity contribution in [1.82, 2.24) is 4.98 Å². The highest BCUT2D eigenvalue weighted by molar-refractivity contribution is 14.1. The summed E-state index contributed by atoms with van der Waals surface area (Å²) in [6.45, 7) is 0. The van der Waals surface area contributed by atoms with Crippen molar-refractivity contribution in [3.05, 3.63) is 31.1 Å². The van der Waals surface area contributed by atoms with E-state index in [4.69, 9.17) is 5.11 Å². The molecule has 0 radical (unpaired) electrons. The van der Waals surface area contributed by atoms with Gasteiger partial charge in [0, 0.05) is 6.07 Å². The number of aromatic carboxylic acids is 1. The van der Waals surface area contributed by atoms with Gasteiger partial charge in [-0.1, -0.05) is 0 Å². The topological polar surface area (TPSA) is 93.3 Å². The van der Waals surface area contributed by atoms with E-state index in [0.29, 0.717) is 6.07 Å². The zero-order chi connectivity index (χ0) is 12.5. The average molecular weight is 344 g/mol. The van der Waals surface area contributed by atoms with E-state index in [1.165, 1.54) is 22.6 Å². The number of hydrogen-bond donors (Lipinski definition) is 1. The molecule has 0 aromatic carbocycles. The molecule has 1 N–H and O–H groups in total. The van der Waals surface area contributed by atoms with Gasteiger partial charge in [0.05, 0.1) is 4.92 Å². The molecule has 1 aromatic heterocycles. The summed E-state index contributed by atoms with van der Waals surface area (Å²) in [5, 5.41) is 19.1. The van der Waals surface area contributed by atoms with Crippen LogP contribution in [-0.2, 0) is 0 Å². The number of hydrogen-bond acceptors (Lipinski definition) is 4. The molecule has 9 heteroatoms. The smallest absolute Gasteiger partial charge is 0.354 e. The number of carboxylic acid groups (broad SMARTS) is 1. The maximum atomic E-state index is 12.5. The van der Waals surface area contributed by atoms with E-state index in [1.54, 1.807) is 0 Å². The SMILES string of the molecule is O=C(O)c1cc([N+](=O)[O-])c(C(F)F)c(I)n1. The highest BCUT2D eigenvalue weighted by Crippen LogP contribution is 2.32. The normalized spacial score (nSPS) is 10.5.